The Balaban J connectivity index is 1.81. The molecule has 2 N–H and O–H groups in total. The van der Waals surface area contributed by atoms with E-state index in [0.29, 0.717) is 29.0 Å². The zero-order chi connectivity index (χ0) is 23.5. The van der Waals surface area contributed by atoms with Crippen molar-refractivity contribution in [2.45, 2.75) is 19.5 Å². The number of aliphatic hydroxyl groups is 1. The quantitative estimate of drug-likeness (QED) is 0.329. The summed E-state index contributed by atoms with van der Waals surface area (Å²) in [4.78, 5) is 27.4. The Morgan fingerprint density at radius 2 is 1.73 bits per heavy atom. The standard InChI is InChI=1S/C26H22FNO5/c1-2-33-21-12-8-17(9-13-21)24(30)22-23(18-4-3-5-20(29)14-18)28(26(32)25(22)31)15-16-6-10-19(27)11-7-16/h3-14,23,29-30H,2,15H2,1H3/b24-22-. The van der Waals surface area contributed by atoms with E-state index in [0.717, 1.165) is 0 Å². The molecule has 7 heteroatoms. The Morgan fingerprint density at radius 3 is 2.36 bits per heavy atom. The first-order valence-electron chi connectivity index (χ1n) is 10.4. The van der Waals surface area contributed by atoms with Gasteiger partial charge in [0.2, 0.25) is 0 Å². The van der Waals surface area contributed by atoms with Gasteiger partial charge in [0.25, 0.3) is 11.7 Å². The number of Topliss-reactive ketones (excluding diaryl/α,β-unsaturated/α-hetero) is 1. The number of hydrogen-bond donors (Lipinski definition) is 2. The minimum absolute atomic E-state index is 0.0191. The summed E-state index contributed by atoms with van der Waals surface area (Å²) in [6.07, 6.45) is 0. The van der Waals surface area contributed by atoms with E-state index < -0.39 is 23.5 Å². The van der Waals surface area contributed by atoms with Crippen molar-refractivity contribution >= 4 is 17.4 Å². The van der Waals surface area contributed by atoms with Crippen molar-refractivity contribution in [1.29, 1.82) is 0 Å². The van der Waals surface area contributed by atoms with Gasteiger partial charge in [-0.2, -0.15) is 0 Å². The van der Waals surface area contributed by atoms with Gasteiger partial charge in [-0.1, -0.05) is 24.3 Å². The predicted molar refractivity (Wildman–Crippen MR) is 120 cm³/mol. The number of aromatic hydroxyl groups is 1. The number of hydrogen-bond acceptors (Lipinski definition) is 5. The molecule has 1 aliphatic rings. The van der Waals surface area contributed by atoms with Crippen molar-refractivity contribution in [3.63, 3.8) is 0 Å². The molecule has 1 heterocycles. The van der Waals surface area contributed by atoms with Crippen molar-refractivity contribution in [3.8, 4) is 11.5 Å². The van der Waals surface area contributed by atoms with Crippen LogP contribution in [0, 0.1) is 5.82 Å². The summed E-state index contributed by atoms with van der Waals surface area (Å²) in [7, 11) is 0. The second-order valence-corrected chi connectivity index (χ2v) is 7.61. The molecule has 1 aliphatic heterocycles. The second-order valence-electron chi connectivity index (χ2n) is 7.61. The fraction of sp³-hybridized carbons (Fsp3) is 0.154. The first-order valence-corrected chi connectivity index (χ1v) is 10.4. The predicted octanol–water partition coefficient (Wildman–Crippen LogP) is 4.55. The van der Waals surface area contributed by atoms with Crippen LogP contribution in [0.3, 0.4) is 0 Å². The first-order chi connectivity index (χ1) is 15.9. The monoisotopic (exact) mass is 447 g/mol. The average molecular weight is 447 g/mol. The molecule has 1 unspecified atom stereocenters. The van der Waals surface area contributed by atoms with Crippen molar-refractivity contribution in [1.82, 2.24) is 4.90 Å². The number of likely N-dealkylation sites (tertiary alicyclic amines) is 1. The molecule has 4 rings (SSSR count). The number of phenols is 1. The van der Waals surface area contributed by atoms with Crippen LogP contribution in [0.2, 0.25) is 0 Å². The number of aliphatic hydroxyl groups excluding tert-OH is 1. The highest BCUT2D eigenvalue weighted by atomic mass is 19.1. The number of carbonyl (C=O) groups is 2. The van der Waals surface area contributed by atoms with Crippen LogP contribution in [0.5, 0.6) is 11.5 Å². The summed E-state index contributed by atoms with van der Waals surface area (Å²) in [5, 5.41) is 21.1. The number of halogens is 1. The molecule has 3 aromatic rings. The summed E-state index contributed by atoms with van der Waals surface area (Å²) in [5.41, 5.74) is 1.34. The SMILES string of the molecule is CCOc1ccc(/C(O)=C2/C(=O)C(=O)N(Cc3ccc(F)cc3)C2c2cccc(O)c2)cc1. The molecule has 1 atom stereocenters. The van der Waals surface area contributed by atoms with E-state index >= 15 is 0 Å². The summed E-state index contributed by atoms with van der Waals surface area (Å²) >= 11 is 0. The maximum atomic E-state index is 13.3. The number of benzene rings is 3. The van der Waals surface area contributed by atoms with Crippen LogP contribution in [0.4, 0.5) is 4.39 Å². The largest absolute Gasteiger partial charge is 0.508 e. The molecule has 0 spiro atoms. The van der Waals surface area contributed by atoms with Gasteiger partial charge < -0.3 is 19.8 Å². The molecule has 1 amide bonds. The third-order valence-corrected chi connectivity index (χ3v) is 5.43. The van der Waals surface area contributed by atoms with E-state index in [1.807, 2.05) is 6.92 Å². The lowest BCUT2D eigenvalue weighted by Crippen LogP contribution is -2.29. The molecule has 1 saturated heterocycles. The summed E-state index contributed by atoms with van der Waals surface area (Å²) in [6, 6.07) is 17.4. The van der Waals surface area contributed by atoms with E-state index in [4.69, 9.17) is 4.74 Å². The topological polar surface area (TPSA) is 87.1 Å². The van der Waals surface area contributed by atoms with Gasteiger partial charge in [-0.15, -0.1) is 0 Å². The molecule has 0 aromatic heterocycles. The Bertz CT molecular complexity index is 1220. The van der Waals surface area contributed by atoms with Gasteiger partial charge in [0.05, 0.1) is 18.2 Å². The lowest BCUT2D eigenvalue weighted by atomic mass is 9.95. The van der Waals surface area contributed by atoms with E-state index in [1.54, 1.807) is 36.4 Å². The number of rotatable bonds is 6. The molecule has 0 saturated carbocycles. The number of ether oxygens (including phenoxy) is 1. The molecule has 0 aliphatic carbocycles. The normalized spacial score (nSPS) is 17.4. The summed E-state index contributed by atoms with van der Waals surface area (Å²) in [5.74, 6) is -1.81. The fourth-order valence-corrected chi connectivity index (χ4v) is 3.90. The van der Waals surface area contributed by atoms with Crippen LogP contribution in [0.1, 0.15) is 29.7 Å². The van der Waals surface area contributed by atoms with Gasteiger partial charge >= 0.3 is 0 Å². The number of amides is 1. The Labute approximate surface area is 190 Å². The van der Waals surface area contributed by atoms with Crippen LogP contribution in [-0.2, 0) is 16.1 Å². The van der Waals surface area contributed by atoms with E-state index in [1.165, 1.54) is 41.3 Å². The van der Waals surface area contributed by atoms with Gasteiger partial charge in [0, 0.05) is 12.1 Å². The average Bonchev–Trinajstić information content (AvgIpc) is 3.06. The van der Waals surface area contributed by atoms with Crippen LogP contribution in [-0.4, -0.2) is 33.4 Å². The van der Waals surface area contributed by atoms with Crippen molar-refractivity contribution in [3.05, 3.63) is 101 Å². The molecular formula is C26H22FNO5. The minimum Gasteiger partial charge on any atom is -0.508 e. The van der Waals surface area contributed by atoms with Crippen LogP contribution >= 0.6 is 0 Å². The molecular weight excluding hydrogens is 425 g/mol. The number of nitrogens with zero attached hydrogens (tertiary/aromatic N) is 1. The molecule has 6 nitrogen and oxygen atoms in total. The van der Waals surface area contributed by atoms with Crippen molar-refractivity contribution in [2.24, 2.45) is 0 Å². The Morgan fingerprint density at radius 1 is 1.03 bits per heavy atom. The van der Waals surface area contributed by atoms with Gasteiger partial charge in [0.15, 0.2) is 0 Å². The second kappa shape index (κ2) is 9.16. The molecule has 0 radical (unpaired) electrons. The smallest absolute Gasteiger partial charge is 0.295 e. The maximum Gasteiger partial charge on any atom is 0.295 e. The summed E-state index contributed by atoms with van der Waals surface area (Å²) < 4.78 is 18.8. The van der Waals surface area contributed by atoms with Gasteiger partial charge in [-0.25, -0.2) is 4.39 Å². The Kier molecular flexibility index (Phi) is 6.13. The van der Waals surface area contributed by atoms with Crippen LogP contribution in [0.15, 0.2) is 78.4 Å². The fourth-order valence-electron chi connectivity index (χ4n) is 3.90. The zero-order valence-electron chi connectivity index (χ0n) is 17.9. The molecule has 1 fully saturated rings. The zero-order valence-corrected chi connectivity index (χ0v) is 17.9. The molecule has 168 valence electrons. The van der Waals surface area contributed by atoms with Crippen LogP contribution in [0.25, 0.3) is 5.76 Å². The van der Waals surface area contributed by atoms with Crippen molar-refractivity contribution in [2.75, 3.05) is 6.61 Å². The van der Waals surface area contributed by atoms with Gasteiger partial charge in [0.1, 0.15) is 23.1 Å². The lowest BCUT2D eigenvalue weighted by molar-refractivity contribution is -0.140. The third-order valence-electron chi connectivity index (χ3n) is 5.43. The maximum absolute atomic E-state index is 13.3. The molecule has 0 bridgehead atoms. The third kappa shape index (κ3) is 4.43. The van der Waals surface area contributed by atoms with E-state index in [-0.39, 0.29) is 23.6 Å². The Hall–Kier alpha value is -4.13. The lowest BCUT2D eigenvalue weighted by Gasteiger charge is -2.25. The van der Waals surface area contributed by atoms with E-state index in [9.17, 15) is 24.2 Å². The van der Waals surface area contributed by atoms with E-state index in [2.05, 4.69) is 0 Å². The van der Waals surface area contributed by atoms with Gasteiger partial charge in [-0.05, 0) is 66.6 Å². The van der Waals surface area contributed by atoms with Gasteiger partial charge in [-0.3, -0.25) is 9.59 Å². The van der Waals surface area contributed by atoms with Crippen LogP contribution < -0.4 is 4.74 Å². The molecule has 33 heavy (non-hydrogen) atoms. The highest BCUT2D eigenvalue weighted by Gasteiger charge is 2.46. The summed E-state index contributed by atoms with van der Waals surface area (Å²) in [6.45, 7) is 2.36. The highest BCUT2D eigenvalue weighted by molar-refractivity contribution is 6.46. The molecule has 3 aromatic carbocycles. The number of carbonyl (C=O) groups excluding carboxylic acids is 2. The number of phenolic OH excluding ortho intramolecular Hbond substituents is 1. The highest BCUT2D eigenvalue weighted by Crippen LogP contribution is 2.41. The first kappa shape index (κ1) is 22.1. The van der Waals surface area contributed by atoms with Crippen molar-refractivity contribution < 1.29 is 28.9 Å². The minimum atomic E-state index is -0.936. The number of ketones is 1.